The van der Waals surface area contributed by atoms with E-state index >= 15 is 0 Å². The average Bonchev–Trinajstić information content (AvgIpc) is 2.62. The number of unbranched alkanes of at least 4 members (excludes halogenated alkanes) is 12. The number of aliphatic hydroxyl groups excluding tert-OH is 1. The number of hydrogen-bond acceptors (Lipinski definition) is 3. The van der Waals surface area contributed by atoms with E-state index in [0.717, 1.165) is 25.7 Å². The Hall–Kier alpha value is -0.190. The zero-order valence-electron chi connectivity index (χ0n) is 18.1. The van der Waals surface area contributed by atoms with Crippen molar-refractivity contribution in [2.24, 2.45) is 5.73 Å². The largest absolute Gasteiger partial charge is 0.379 e. The molecule has 6 heteroatoms. The topological polar surface area (TPSA) is 104 Å². The maximum absolute atomic E-state index is 11.5. The van der Waals surface area contributed by atoms with E-state index in [1.165, 1.54) is 64.2 Å². The highest BCUT2D eigenvalue weighted by atomic mass is 31.2. The molecule has 0 amide bonds. The Bertz CT molecular complexity index is 409. The van der Waals surface area contributed by atoms with Crippen LogP contribution in [-0.2, 0) is 4.57 Å². The molecule has 0 aliphatic heterocycles. The van der Waals surface area contributed by atoms with Crippen molar-refractivity contribution in [3.8, 4) is 0 Å². The zero-order chi connectivity index (χ0) is 21.1. The van der Waals surface area contributed by atoms with Gasteiger partial charge in [-0.2, -0.15) is 0 Å². The fourth-order valence-electron chi connectivity index (χ4n) is 3.47. The minimum atomic E-state index is -4.10. The van der Waals surface area contributed by atoms with E-state index in [0.29, 0.717) is 6.42 Å². The van der Waals surface area contributed by atoms with Crippen molar-refractivity contribution in [3.63, 3.8) is 0 Å². The third kappa shape index (κ3) is 19.1. The summed E-state index contributed by atoms with van der Waals surface area (Å²) in [7, 11) is -4.10. The van der Waals surface area contributed by atoms with E-state index in [4.69, 9.17) is 10.8 Å². The van der Waals surface area contributed by atoms with E-state index in [-0.39, 0.29) is 12.8 Å². The summed E-state index contributed by atoms with van der Waals surface area (Å²) in [5.74, 6) is 0. The second-order valence-electron chi connectivity index (χ2n) is 8.11. The predicted molar refractivity (Wildman–Crippen MR) is 119 cm³/mol. The Kier molecular flexibility index (Phi) is 18.7. The van der Waals surface area contributed by atoms with Crippen molar-refractivity contribution in [3.05, 3.63) is 12.2 Å². The Labute approximate surface area is 173 Å². The quantitative estimate of drug-likeness (QED) is 0.0836. The molecule has 0 saturated carbocycles. The third-order valence-electron chi connectivity index (χ3n) is 5.32. The van der Waals surface area contributed by atoms with Crippen molar-refractivity contribution in [2.45, 2.75) is 128 Å². The maximum Gasteiger partial charge on any atom is 0.328 e. The van der Waals surface area contributed by atoms with Gasteiger partial charge in [0.05, 0.1) is 5.66 Å². The van der Waals surface area contributed by atoms with Crippen LogP contribution in [-0.4, -0.2) is 26.8 Å². The first-order valence-corrected chi connectivity index (χ1v) is 13.2. The lowest BCUT2D eigenvalue weighted by molar-refractivity contribution is 0.167. The van der Waals surface area contributed by atoms with Crippen molar-refractivity contribution in [1.82, 2.24) is 0 Å². The van der Waals surface area contributed by atoms with Gasteiger partial charge in [-0.15, -0.1) is 0 Å². The summed E-state index contributed by atoms with van der Waals surface area (Å²) in [5.41, 5.74) is 4.61. The first-order valence-electron chi connectivity index (χ1n) is 11.5. The normalized spacial score (nSPS) is 14.6. The van der Waals surface area contributed by atoms with Gasteiger partial charge in [-0.1, -0.05) is 83.3 Å². The fourth-order valence-corrected chi connectivity index (χ4v) is 4.48. The number of nitrogens with two attached hydrogens (primary N) is 1. The molecule has 0 bridgehead atoms. The Morgan fingerprint density at radius 1 is 0.750 bits per heavy atom. The minimum Gasteiger partial charge on any atom is -0.379 e. The van der Waals surface area contributed by atoms with Gasteiger partial charge in [0.2, 0.25) is 0 Å². The minimum absolute atomic E-state index is 0.238. The fraction of sp³-hybridized carbons (Fsp3) is 0.909. The molecule has 0 radical (unpaired) electrons. The standard InChI is InChI=1S/C22H46NO4P/c1-2-3-4-5-6-7-8-9-10-11-12-13-14-15-16-17-18-21(28(25,26)27)19-20-22(23)24/h9-10,21-22,24H,2-8,11-20,23H2,1H3,(H2,25,26,27)/b10-9-. The molecule has 0 aliphatic carbocycles. The van der Waals surface area contributed by atoms with Crippen LogP contribution in [0.15, 0.2) is 12.2 Å². The Morgan fingerprint density at radius 3 is 1.68 bits per heavy atom. The van der Waals surface area contributed by atoms with Gasteiger partial charge in [0.1, 0.15) is 6.23 Å². The van der Waals surface area contributed by atoms with Crippen LogP contribution >= 0.6 is 7.60 Å². The molecular formula is C22H46NO4P. The lowest BCUT2D eigenvalue weighted by atomic mass is 10.0. The molecule has 0 rings (SSSR count). The summed E-state index contributed by atoms with van der Waals surface area (Å²) in [5, 5.41) is 9.10. The van der Waals surface area contributed by atoms with Crippen molar-refractivity contribution < 1.29 is 19.5 Å². The summed E-state index contributed by atoms with van der Waals surface area (Å²) in [6, 6.07) is 0. The number of allylic oxidation sites excluding steroid dienone is 2. The smallest absolute Gasteiger partial charge is 0.328 e. The Morgan fingerprint density at radius 2 is 1.21 bits per heavy atom. The third-order valence-corrected chi connectivity index (χ3v) is 6.79. The highest BCUT2D eigenvalue weighted by Gasteiger charge is 2.28. The highest BCUT2D eigenvalue weighted by Crippen LogP contribution is 2.46. The molecule has 0 aromatic heterocycles. The summed E-state index contributed by atoms with van der Waals surface area (Å²) in [6.07, 6.45) is 21.8. The molecule has 28 heavy (non-hydrogen) atoms. The van der Waals surface area contributed by atoms with Crippen LogP contribution in [0.4, 0.5) is 0 Å². The van der Waals surface area contributed by atoms with E-state index in [9.17, 15) is 14.4 Å². The lowest BCUT2D eigenvalue weighted by Crippen LogP contribution is -2.21. The van der Waals surface area contributed by atoms with E-state index in [1.807, 2.05) is 0 Å². The number of aliphatic hydroxyl groups is 1. The van der Waals surface area contributed by atoms with Gasteiger partial charge in [-0.05, 0) is 44.9 Å². The summed E-state index contributed by atoms with van der Waals surface area (Å²) in [6.45, 7) is 2.25. The van der Waals surface area contributed by atoms with Crippen LogP contribution in [0.1, 0.15) is 116 Å². The molecule has 2 atom stereocenters. The predicted octanol–water partition coefficient (Wildman–Crippen LogP) is 6.02. The Balaban J connectivity index is 3.50. The molecule has 0 heterocycles. The van der Waals surface area contributed by atoms with Gasteiger partial charge in [0.25, 0.3) is 0 Å². The summed E-state index contributed by atoms with van der Waals surface area (Å²) >= 11 is 0. The van der Waals surface area contributed by atoms with Gasteiger partial charge < -0.3 is 20.6 Å². The van der Waals surface area contributed by atoms with Crippen molar-refractivity contribution >= 4 is 7.60 Å². The summed E-state index contributed by atoms with van der Waals surface area (Å²) in [4.78, 5) is 18.8. The highest BCUT2D eigenvalue weighted by molar-refractivity contribution is 7.52. The number of rotatable bonds is 20. The van der Waals surface area contributed by atoms with Gasteiger partial charge >= 0.3 is 7.60 Å². The van der Waals surface area contributed by atoms with Gasteiger partial charge in [-0.25, -0.2) is 0 Å². The molecule has 0 fully saturated rings. The average molecular weight is 420 g/mol. The first kappa shape index (κ1) is 27.8. The second kappa shape index (κ2) is 18.8. The number of hydrogen-bond donors (Lipinski definition) is 4. The van der Waals surface area contributed by atoms with Crippen LogP contribution in [0.25, 0.3) is 0 Å². The molecule has 0 aliphatic rings. The molecule has 5 nitrogen and oxygen atoms in total. The molecule has 0 aromatic rings. The zero-order valence-corrected chi connectivity index (χ0v) is 19.0. The summed E-state index contributed by atoms with van der Waals surface area (Å²) < 4.78 is 11.5. The van der Waals surface area contributed by atoms with E-state index in [2.05, 4.69) is 19.1 Å². The van der Waals surface area contributed by atoms with Gasteiger partial charge in [0, 0.05) is 0 Å². The monoisotopic (exact) mass is 419 g/mol. The van der Waals surface area contributed by atoms with Crippen LogP contribution in [0.2, 0.25) is 0 Å². The van der Waals surface area contributed by atoms with Crippen molar-refractivity contribution in [1.29, 1.82) is 0 Å². The van der Waals surface area contributed by atoms with E-state index < -0.39 is 19.5 Å². The van der Waals surface area contributed by atoms with Crippen LogP contribution in [0.3, 0.4) is 0 Å². The molecule has 0 aromatic carbocycles. The lowest BCUT2D eigenvalue weighted by Gasteiger charge is -2.18. The second-order valence-corrected chi connectivity index (χ2v) is 10.0. The molecular weight excluding hydrogens is 373 g/mol. The first-order chi connectivity index (χ1) is 13.4. The molecule has 0 spiro atoms. The molecule has 0 saturated heterocycles. The molecule has 5 N–H and O–H groups in total. The van der Waals surface area contributed by atoms with Crippen molar-refractivity contribution in [2.75, 3.05) is 0 Å². The van der Waals surface area contributed by atoms with Crippen LogP contribution in [0.5, 0.6) is 0 Å². The van der Waals surface area contributed by atoms with Crippen LogP contribution in [0, 0.1) is 0 Å². The van der Waals surface area contributed by atoms with Gasteiger partial charge in [-0.3, -0.25) is 4.57 Å². The van der Waals surface area contributed by atoms with Gasteiger partial charge in [0.15, 0.2) is 0 Å². The molecule has 168 valence electrons. The SMILES string of the molecule is CCCCCCCC/C=C\CCCCCCCCC(CCC(N)O)P(=O)(O)O. The molecule has 2 unspecified atom stereocenters. The maximum atomic E-state index is 11.5. The van der Waals surface area contributed by atoms with Crippen LogP contribution < -0.4 is 5.73 Å². The van der Waals surface area contributed by atoms with E-state index in [1.54, 1.807) is 0 Å².